The fraction of sp³-hybridized carbons (Fsp3) is 0.500. The molecule has 1 N–H and O–H groups in total. The number of nitrogens with one attached hydrogen (secondary N) is 1. The van der Waals surface area contributed by atoms with Crippen molar-refractivity contribution >= 4 is 34.8 Å². The van der Waals surface area contributed by atoms with E-state index in [1.807, 2.05) is 36.4 Å². The summed E-state index contributed by atoms with van der Waals surface area (Å²) in [6.45, 7) is 1.78. The lowest BCUT2D eigenvalue weighted by Gasteiger charge is -2.42. The van der Waals surface area contributed by atoms with Crippen molar-refractivity contribution in [3.05, 3.63) is 53.1 Å². The van der Waals surface area contributed by atoms with Crippen LogP contribution in [-0.4, -0.2) is 30.6 Å². The second-order valence-electron chi connectivity index (χ2n) is 9.54. The minimum atomic E-state index is -1.01. The molecule has 3 aliphatic rings. The van der Waals surface area contributed by atoms with E-state index < -0.39 is 9.75 Å². The highest BCUT2D eigenvalue weighted by Crippen LogP contribution is 2.64. The molecule has 0 aromatic heterocycles. The van der Waals surface area contributed by atoms with E-state index in [0.29, 0.717) is 12.1 Å². The van der Waals surface area contributed by atoms with Gasteiger partial charge in [-0.25, -0.2) is 0 Å². The van der Waals surface area contributed by atoms with E-state index in [1.165, 1.54) is 12.0 Å². The standard InChI is InChI=1S/C26H29Cl2NO4/c1-25(14-26(25,27)28)24(30)29-16-8-6-7-15(13-16)23-22-20(32-3)12-11-19(31-2)21(22)17-9-4-5-10-18(17)33-23/h6-8,11-13,17-18,23H,4-5,9-10,14H2,1-3H3,(H,29,30)/t17-,18-,23+,25+/m0/s1. The largest absolute Gasteiger partial charge is 0.496 e. The Balaban J connectivity index is 1.54. The van der Waals surface area contributed by atoms with E-state index in [4.69, 9.17) is 37.4 Å². The van der Waals surface area contributed by atoms with Crippen molar-refractivity contribution in [1.29, 1.82) is 0 Å². The zero-order chi connectivity index (χ0) is 23.4. The summed E-state index contributed by atoms with van der Waals surface area (Å²) in [7, 11) is 3.40. The van der Waals surface area contributed by atoms with Crippen LogP contribution in [0.15, 0.2) is 36.4 Å². The van der Waals surface area contributed by atoms with Crippen molar-refractivity contribution in [3.8, 4) is 11.5 Å². The number of hydrogen-bond acceptors (Lipinski definition) is 4. The van der Waals surface area contributed by atoms with Crippen LogP contribution < -0.4 is 14.8 Å². The average Bonchev–Trinajstić information content (AvgIpc) is 3.36. The molecule has 0 saturated heterocycles. The van der Waals surface area contributed by atoms with Gasteiger partial charge in [0, 0.05) is 22.7 Å². The summed E-state index contributed by atoms with van der Waals surface area (Å²) in [5.74, 6) is 1.77. The number of rotatable bonds is 5. The number of methoxy groups -OCH3 is 2. The van der Waals surface area contributed by atoms with Crippen molar-refractivity contribution in [3.63, 3.8) is 0 Å². The summed E-state index contributed by atoms with van der Waals surface area (Å²) in [6, 6.07) is 11.7. The molecule has 2 aliphatic carbocycles. The number of carbonyl (C=O) groups excluding carboxylic acids is 1. The minimum absolute atomic E-state index is 0.119. The molecule has 2 fully saturated rings. The first-order valence-electron chi connectivity index (χ1n) is 11.5. The third-order valence-corrected chi connectivity index (χ3v) is 8.60. The van der Waals surface area contributed by atoms with Crippen LogP contribution in [0.25, 0.3) is 0 Å². The average molecular weight is 490 g/mol. The molecule has 0 unspecified atom stereocenters. The summed E-state index contributed by atoms with van der Waals surface area (Å²) in [5, 5.41) is 2.99. The van der Waals surface area contributed by atoms with Gasteiger partial charge in [-0.15, -0.1) is 23.2 Å². The zero-order valence-electron chi connectivity index (χ0n) is 19.1. The normalized spacial score (nSPS) is 29.4. The molecule has 1 aliphatic heterocycles. The van der Waals surface area contributed by atoms with Gasteiger partial charge < -0.3 is 19.5 Å². The Labute approximate surface area is 204 Å². The van der Waals surface area contributed by atoms with Crippen LogP contribution in [0.5, 0.6) is 11.5 Å². The van der Waals surface area contributed by atoms with E-state index in [2.05, 4.69) is 5.32 Å². The van der Waals surface area contributed by atoms with Crippen LogP contribution in [0.1, 0.15) is 67.7 Å². The van der Waals surface area contributed by atoms with Gasteiger partial charge in [-0.05, 0) is 56.0 Å². The van der Waals surface area contributed by atoms with Gasteiger partial charge in [-0.1, -0.05) is 25.0 Å². The Morgan fingerprint density at radius 2 is 1.73 bits per heavy atom. The molecule has 2 aromatic rings. The van der Waals surface area contributed by atoms with Crippen molar-refractivity contribution in [2.75, 3.05) is 19.5 Å². The number of alkyl halides is 2. The fourth-order valence-electron chi connectivity index (χ4n) is 5.38. The molecule has 176 valence electrons. The summed E-state index contributed by atoms with van der Waals surface area (Å²) in [4.78, 5) is 12.8. The molecule has 0 bridgehead atoms. The molecule has 0 spiro atoms. The third kappa shape index (κ3) is 3.78. The maximum atomic E-state index is 12.8. The van der Waals surface area contributed by atoms with Gasteiger partial charge >= 0.3 is 0 Å². The van der Waals surface area contributed by atoms with E-state index in [0.717, 1.165) is 41.9 Å². The molecule has 4 atom stereocenters. The van der Waals surface area contributed by atoms with Gasteiger partial charge in [0.1, 0.15) is 21.9 Å². The van der Waals surface area contributed by atoms with Crippen molar-refractivity contribution in [2.24, 2.45) is 5.41 Å². The molecule has 0 radical (unpaired) electrons. The molecular formula is C26H29Cl2NO4. The molecule has 7 heteroatoms. The second kappa shape index (κ2) is 8.37. The van der Waals surface area contributed by atoms with E-state index in [9.17, 15) is 4.79 Å². The zero-order valence-corrected chi connectivity index (χ0v) is 20.6. The Morgan fingerprint density at radius 1 is 1.06 bits per heavy atom. The van der Waals surface area contributed by atoms with Gasteiger partial charge in [0.05, 0.1) is 25.7 Å². The Bertz CT molecular complexity index is 1090. The van der Waals surface area contributed by atoms with Crippen molar-refractivity contribution < 1.29 is 19.0 Å². The quantitative estimate of drug-likeness (QED) is 0.495. The van der Waals surface area contributed by atoms with E-state index >= 15 is 0 Å². The lowest BCUT2D eigenvalue weighted by molar-refractivity contribution is -0.120. The molecule has 1 heterocycles. The van der Waals surface area contributed by atoms with Gasteiger partial charge in [-0.2, -0.15) is 0 Å². The van der Waals surface area contributed by atoms with Crippen molar-refractivity contribution in [2.45, 2.75) is 61.5 Å². The first-order chi connectivity index (χ1) is 15.8. The highest BCUT2D eigenvalue weighted by Gasteiger charge is 2.67. The summed E-state index contributed by atoms with van der Waals surface area (Å²) in [5.41, 5.74) is 3.05. The summed E-state index contributed by atoms with van der Waals surface area (Å²) >= 11 is 12.4. The fourth-order valence-corrected chi connectivity index (χ4v) is 6.08. The highest BCUT2D eigenvalue weighted by molar-refractivity contribution is 6.53. The number of hydrogen-bond donors (Lipinski definition) is 1. The SMILES string of the molecule is COc1ccc(OC)c2c1[C@@H](c1cccc(NC(=O)[C@@]3(C)CC3(Cl)Cl)c1)O[C@H]1CCCC[C@H]21. The Hall–Kier alpha value is -1.95. The van der Waals surface area contributed by atoms with Crippen LogP contribution in [0.3, 0.4) is 0 Å². The number of benzene rings is 2. The molecule has 5 rings (SSSR count). The Kier molecular flexibility index (Phi) is 5.79. The predicted molar refractivity (Wildman–Crippen MR) is 130 cm³/mol. The summed E-state index contributed by atoms with van der Waals surface area (Å²) < 4.78 is 17.3. The number of ether oxygens (including phenoxy) is 3. The molecular weight excluding hydrogens is 461 g/mol. The number of halogens is 2. The topological polar surface area (TPSA) is 56.8 Å². The van der Waals surface area contributed by atoms with Crippen LogP contribution in [-0.2, 0) is 9.53 Å². The van der Waals surface area contributed by atoms with Gasteiger partial charge in [0.15, 0.2) is 0 Å². The van der Waals surface area contributed by atoms with Crippen LogP contribution in [0.4, 0.5) is 5.69 Å². The molecule has 2 aromatic carbocycles. The van der Waals surface area contributed by atoms with Crippen LogP contribution in [0.2, 0.25) is 0 Å². The van der Waals surface area contributed by atoms with Crippen LogP contribution in [0, 0.1) is 5.41 Å². The van der Waals surface area contributed by atoms with Gasteiger partial charge in [0.25, 0.3) is 0 Å². The summed E-state index contributed by atoms with van der Waals surface area (Å²) in [6.07, 6.45) is 4.66. The molecule has 33 heavy (non-hydrogen) atoms. The second-order valence-corrected chi connectivity index (χ2v) is 11.0. The molecule has 1 amide bonds. The smallest absolute Gasteiger partial charge is 0.233 e. The maximum Gasteiger partial charge on any atom is 0.233 e. The first-order valence-corrected chi connectivity index (χ1v) is 12.2. The number of anilines is 1. The maximum absolute atomic E-state index is 12.8. The first kappa shape index (κ1) is 22.8. The van der Waals surface area contributed by atoms with Gasteiger partial charge in [0.2, 0.25) is 5.91 Å². The van der Waals surface area contributed by atoms with E-state index in [-0.39, 0.29) is 24.0 Å². The lowest BCUT2D eigenvalue weighted by atomic mass is 9.75. The monoisotopic (exact) mass is 489 g/mol. The van der Waals surface area contributed by atoms with E-state index in [1.54, 1.807) is 21.1 Å². The molecule has 2 saturated carbocycles. The lowest BCUT2D eigenvalue weighted by Crippen LogP contribution is -2.34. The number of amides is 1. The highest BCUT2D eigenvalue weighted by atomic mass is 35.5. The number of carbonyl (C=O) groups is 1. The minimum Gasteiger partial charge on any atom is -0.496 e. The van der Waals surface area contributed by atoms with Crippen LogP contribution >= 0.6 is 23.2 Å². The molecule has 5 nitrogen and oxygen atoms in total. The number of fused-ring (bicyclic) bond motifs is 3. The van der Waals surface area contributed by atoms with Crippen molar-refractivity contribution in [1.82, 2.24) is 0 Å². The third-order valence-electron chi connectivity index (χ3n) is 7.50. The Morgan fingerprint density at radius 3 is 2.39 bits per heavy atom. The van der Waals surface area contributed by atoms with Gasteiger partial charge in [-0.3, -0.25) is 4.79 Å². The predicted octanol–water partition coefficient (Wildman–Crippen LogP) is 6.37.